The first-order valence-electron chi connectivity index (χ1n) is 4.91. The van der Waals surface area contributed by atoms with Gasteiger partial charge in [0.2, 0.25) is 5.95 Å². The Kier molecular flexibility index (Phi) is 4.53. The second-order valence-electron chi connectivity index (χ2n) is 3.13. The number of hydrogen-bond acceptors (Lipinski definition) is 5. The quantitative estimate of drug-likeness (QED) is 0.739. The molecule has 1 N–H and O–H groups in total. The molecule has 0 aliphatic carbocycles. The number of carbonyl (C=O) groups excluding carboxylic acids is 1. The van der Waals surface area contributed by atoms with E-state index in [1.165, 1.54) is 0 Å². The lowest BCUT2D eigenvalue weighted by Crippen LogP contribution is -2.22. The number of aromatic nitrogens is 2. The van der Waals surface area contributed by atoms with Crippen molar-refractivity contribution in [3.63, 3.8) is 0 Å². The second-order valence-corrected chi connectivity index (χ2v) is 3.13. The molecule has 0 radical (unpaired) electrons. The van der Waals surface area contributed by atoms with E-state index >= 15 is 0 Å². The summed E-state index contributed by atoms with van der Waals surface area (Å²) in [5, 5.41) is 3.01. The Hall–Kier alpha value is -1.65. The predicted octanol–water partition coefficient (Wildman–Crippen LogP) is 1.23. The van der Waals surface area contributed by atoms with E-state index < -0.39 is 0 Å². The highest BCUT2D eigenvalue weighted by atomic mass is 16.5. The summed E-state index contributed by atoms with van der Waals surface area (Å²) >= 11 is 0. The number of carbonyl (C=O) groups is 1. The molecule has 0 fully saturated rings. The van der Waals surface area contributed by atoms with E-state index in [-0.39, 0.29) is 12.0 Å². The van der Waals surface area contributed by atoms with Gasteiger partial charge in [-0.15, -0.1) is 0 Å². The van der Waals surface area contributed by atoms with Crippen molar-refractivity contribution in [1.29, 1.82) is 0 Å². The molecule has 0 amide bonds. The summed E-state index contributed by atoms with van der Waals surface area (Å²) in [6.45, 7) is 4.08. The van der Waals surface area contributed by atoms with E-state index in [9.17, 15) is 4.79 Å². The molecule has 0 spiro atoms. The zero-order chi connectivity index (χ0) is 11.1. The standard InChI is InChI=1S/C10H15N3O2/c1-3-15-9(14)7-8(2)13-10-11-5-4-6-12-10/h4-6,8H,3,7H2,1-2H3,(H,11,12,13). The van der Waals surface area contributed by atoms with Gasteiger partial charge in [0.25, 0.3) is 0 Å². The molecule has 1 aromatic rings. The summed E-state index contributed by atoms with van der Waals surface area (Å²) in [5.74, 6) is 0.308. The van der Waals surface area contributed by atoms with Gasteiger partial charge in [-0.25, -0.2) is 9.97 Å². The van der Waals surface area contributed by atoms with Gasteiger partial charge in [-0.2, -0.15) is 0 Å². The Labute approximate surface area is 88.9 Å². The molecule has 0 aromatic carbocycles. The fourth-order valence-corrected chi connectivity index (χ4v) is 1.11. The van der Waals surface area contributed by atoms with Crippen LogP contribution in [-0.4, -0.2) is 28.6 Å². The van der Waals surface area contributed by atoms with Crippen LogP contribution in [-0.2, 0) is 9.53 Å². The van der Waals surface area contributed by atoms with E-state index in [4.69, 9.17) is 4.74 Å². The van der Waals surface area contributed by atoms with Gasteiger partial charge in [0.05, 0.1) is 13.0 Å². The van der Waals surface area contributed by atoms with Crippen molar-refractivity contribution < 1.29 is 9.53 Å². The summed E-state index contributed by atoms with van der Waals surface area (Å²) in [4.78, 5) is 19.1. The van der Waals surface area contributed by atoms with Crippen molar-refractivity contribution in [2.24, 2.45) is 0 Å². The molecular formula is C10H15N3O2. The van der Waals surface area contributed by atoms with E-state index in [1.54, 1.807) is 25.4 Å². The Morgan fingerprint density at radius 1 is 1.53 bits per heavy atom. The Morgan fingerprint density at radius 2 is 2.20 bits per heavy atom. The summed E-state index contributed by atoms with van der Waals surface area (Å²) in [6, 6.07) is 1.70. The normalized spacial score (nSPS) is 11.9. The van der Waals surface area contributed by atoms with E-state index in [1.807, 2.05) is 6.92 Å². The average molecular weight is 209 g/mol. The van der Waals surface area contributed by atoms with Crippen molar-refractivity contribution >= 4 is 11.9 Å². The largest absolute Gasteiger partial charge is 0.466 e. The number of rotatable bonds is 5. The van der Waals surface area contributed by atoms with Crippen LogP contribution in [0.3, 0.4) is 0 Å². The zero-order valence-electron chi connectivity index (χ0n) is 8.93. The highest BCUT2D eigenvalue weighted by Crippen LogP contribution is 2.02. The second kappa shape index (κ2) is 5.95. The molecule has 5 nitrogen and oxygen atoms in total. The molecule has 1 heterocycles. The summed E-state index contributed by atoms with van der Waals surface area (Å²) < 4.78 is 4.83. The lowest BCUT2D eigenvalue weighted by molar-refractivity contribution is -0.143. The predicted molar refractivity (Wildman–Crippen MR) is 56.4 cm³/mol. The maximum atomic E-state index is 11.1. The van der Waals surface area contributed by atoms with Gasteiger partial charge in [-0.3, -0.25) is 4.79 Å². The van der Waals surface area contributed by atoms with Gasteiger partial charge in [0.15, 0.2) is 0 Å². The van der Waals surface area contributed by atoms with Crippen molar-refractivity contribution in [2.75, 3.05) is 11.9 Å². The van der Waals surface area contributed by atoms with Crippen molar-refractivity contribution in [2.45, 2.75) is 26.3 Å². The van der Waals surface area contributed by atoms with E-state index in [0.29, 0.717) is 19.0 Å². The summed E-state index contributed by atoms with van der Waals surface area (Å²) in [6.07, 6.45) is 3.60. The van der Waals surface area contributed by atoms with Crippen LogP contribution < -0.4 is 5.32 Å². The molecule has 82 valence electrons. The van der Waals surface area contributed by atoms with Crippen LogP contribution in [0.4, 0.5) is 5.95 Å². The van der Waals surface area contributed by atoms with Gasteiger partial charge in [0.1, 0.15) is 0 Å². The first-order valence-corrected chi connectivity index (χ1v) is 4.91. The van der Waals surface area contributed by atoms with Gasteiger partial charge >= 0.3 is 5.97 Å². The van der Waals surface area contributed by atoms with Crippen LogP contribution in [0.15, 0.2) is 18.5 Å². The highest BCUT2D eigenvalue weighted by molar-refractivity contribution is 5.70. The Morgan fingerprint density at radius 3 is 2.80 bits per heavy atom. The SMILES string of the molecule is CCOC(=O)CC(C)Nc1ncccn1. The summed E-state index contributed by atoms with van der Waals surface area (Å²) in [7, 11) is 0. The summed E-state index contributed by atoms with van der Waals surface area (Å²) in [5.41, 5.74) is 0. The Bertz CT molecular complexity index is 303. The maximum absolute atomic E-state index is 11.1. The maximum Gasteiger partial charge on any atom is 0.307 e. The van der Waals surface area contributed by atoms with Crippen molar-refractivity contribution in [3.05, 3.63) is 18.5 Å². The number of esters is 1. The molecule has 1 rings (SSSR count). The van der Waals surface area contributed by atoms with Crippen molar-refractivity contribution in [1.82, 2.24) is 9.97 Å². The van der Waals surface area contributed by atoms with E-state index in [0.717, 1.165) is 0 Å². The van der Waals surface area contributed by atoms with Gasteiger partial charge < -0.3 is 10.1 Å². The van der Waals surface area contributed by atoms with Crippen LogP contribution in [0.5, 0.6) is 0 Å². The highest BCUT2D eigenvalue weighted by Gasteiger charge is 2.10. The lowest BCUT2D eigenvalue weighted by atomic mass is 10.2. The van der Waals surface area contributed by atoms with Gasteiger partial charge in [-0.1, -0.05) is 0 Å². The molecule has 5 heteroatoms. The minimum atomic E-state index is -0.214. The first kappa shape index (κ1) is 11.4. The molecule has 0 bridgehead atoms. The number of nitrogens with one attached hydrogen (secondary N) is 1. The molecule has 0 aliphatic rings. The fourth-order valence-electron chi connectivity index (χ4n) is 1.11. The number of nitrogens with zero attached hydrogens (tertiary/aromatic N) is 2. The van der Waals surface area contributed by atoms with Crippen molar-refractivity contribution in [3.8, 4) is 0 Å². The smallest absolute Gasteiger partial charge is 0.307 e. The fraction of sp³-hybridized carbons (Fsp3) is 0.500. The topological polar surface area (TPSA) is 64.1 Å². The number of hydrogen-bond donors (Lipinski definition) is 1. The average Bonchev–Trinajstić information content (AvgIpc) is 2.19. The molecule has 1 aromatic heterocycles. The molecule has 15 heavy (non-hydrogen) atoms. The third kappa shape index (κ3) is 4.39. The number of ether oxygens (including phenoxy) is 1. The molecular weight excluding hydrogens is 194 g/mol. The lowest BCUT2D eigenvalue weighted by Gasteiger charge is -2.12. The van der Waals surface area contributed by atoms with Gasteiger partial charge in [-0.05, 0) is 19.9 Å². The third-order valence-corrected chi connectivity index (χ3v) is 1.72. The molecule has 1 atom stereocenters. The zero-order valence-corrected chi connectivity index (χ0v) is 8.93. The van der Waals surface area contributed by atoms with Crippen LogP contribution >= 0.6 is 0 Å². The molecule has 0 aliphatic heterocycles. The first-order chi connectivity index (χ1) is 7.22. The molecule has 1 unspecified atom stereocenters. The van der Waals surface area contributed by atoms with Gasteiger partial charge in [0, 0.05) is 18.4 Å². The van der Waals surface area contributed by atoms with Crippen LogP contribution in [0.25, 0.3) is 0 Å². The molecule has 0 saturated carbocycles. The van der Waals surface area contributed by atoms with E-state index in [2.05, 4.69) is 15.3 Å². The number of anilines is 1. The third-order valence-electron chi connectivity index (χ3n) is 1.72. The Balaban J connectivity index is 2.36. The van der Waals surface area contributed by atoms with Crippen LogP contribution in [0, 0.1) is 0 Å². The molecule has 0 saturated heterocycles. The van der Waals surface area contributed by atoms with Crippen LogP contribution in [0.1, 0.15) is 20.3 Å². The monoisotopic (exact) mass is 209 g/mol. The van der Waals surface area contributed by atoms with Crippen LogP contribution in [0.2, 0.25) is 0 Å². The minimum absolute atomic E-state index is 0.0357. The minimum Gasteiger partial charge on any atom is -0.466 e.